The average molecular weight is 322 g/mol. The zero-order valence-corrected chi connectivity index (χ0v) is 11.9. The number of primary amides is 1. The molecule has 120 valence electrons. The molecule has 0 aliphatic carbocycles. The molecular formula is C16H13F3N2O2. The van der Waals surface area contributed by atoms with E-state index in [0.29, 0.717) is 5.69 Å². The van der Waals surface area contributed by atoms with Crippen molar-refractivity contribution in [1.82, 2.24) is 0 Å². The molecular weight excluding hydrogens is 309 g/mol. The maximum absolute atomic E-state index is 12.9. The molecule has 0 aliphatic heterocycles. The summed E-state index contributed by atoms with van der Waals surface area (Å²) in [6.45, 7) is 0. The molecule has 2 aromatic carbocycles. The van der Waals surface area contributed by atoms with E-state index in [1.807, 2.05) is 0 Å². The molecule has 0 unspecified atom stereocenters. The van der Waals surface area contributed by atoms with Gasteiger partial charge in [0.25, 0.3) is 0 Å². The van der Waals surface area contributed by atoms with Crippen LogP contribution in [0.2, 0.25) is 0 Å². The van der Waals surface area contributed by atoms with Gasteiger partial charge in [-0.05, 0) is 30.3 Å². The first-order chi connectivity index (χ1) is 10.8. The predicted octanol–water partition coefficient (Wildman–Crippen LogP) is 3.25. The summed E-state index contributed by atoms with van der Waals surface area (Å²) in [6.07, 6.45) is -5.14. The van der Waals surface area contributed by atoms with Crippen LogP contribution in [0.3, 0.4) is 0 Å². The van der Waals surface area contributed by atoms with E-state index in [1.54, 1.807) is 30.3 Å². The van der Waals surface area contributed by atoms with E-state index in [1.165, 1.54) is 12.1 Å². The molecule has 0 fully saturated rings. The van der Waals surface area contributed by atoms with Crippen LogP contribution in [0.15, 0.2) is 54.6 Å². The van der Waals surface area contributed by atoms with Crippen LogP contribution in [0.4, 0.5) is 24.5 Å². The highest BCUT2D eigenvalue weighted by Gasteiger charge is 2.31. The van der Waals surface area contributed by atoms with Crippen molar-refractivity contribution in [2.75, 3.05) is 4.90 Å². The summed E-state index contributed by atoms with van der Waals surface area (Å²) < 4.78 is 38.6. The van der Waals surface area contributed by atoms with E-state index in [2.05, 4.69) is 0 Å². The van der Waals surface area contributed by atoms with Crippen molar-refractivity contribution in [2.24, 2.45) is 5.73 Å². The number of carbonyl (C=O) groups excluding carboxylic acids is 2. The Morgan fingerprint density at radius 3 is 2.13 bits per heavy atom. The van der Waals surface area contributed by atoms with Crippen LogP contribution in [0.5, 0.6) is 0 Å². The Morgan fingerprint density at radius 1 is 0.957 bits per heavy atom. The molecule has 0 bridgehead atoms. The molecule has 0 aliphatic rings. The monoisotopic (exact) mass is 322 g/mol. The number of anilines is 2. The molecule has 0 spiro atoms. The van der Waals surface area contributed by atoms with Gasteiger partial charge in [0, 0.05) is 11.4 Å². The molecule has 0 aromatic heterocycles. The number of rotatable bonds is 4. The molecule has 2 amide bonds. The van der Waals surface area contributed by atoms with Gasteiger partial charge in [-0.1, -0.05) is 24.3 Å². The van der Waals surface area contributed by atoms with Gasteiger partial charge in [-0.2, -0.15) is 13.2 Å². The van der Waals surface area contributed by atoms with Gasteiger partial charge in [0.2, 0.25) is 11.8 Å². The predicted molar refractivity (Wildman–Crippen MR) is 78.8 cm³/mol. The summed E-state index contributed by atoms with van der Waals surface area (Å²) in [6, 6.07) is 12.4. The highest BCUT2D eigenvalue weighted by Crippen LogP contribution is 2.34. The molecule has 2 rings (SSSR count). The van der Waals surface area contributed by atoms with Crippen LogP contribution in [-0.2, 0) is 15.8 Å². The Hall–Kier alpha value is -2.83. The zero-order chi connectivity index (χ0) is 17.0. The minimum atomic E-state index is -4.54. The molecule has 23 heavy (non-hydrogen) atoms. The molecule has 0 radical (unpaired) electrons. The maximum Gasteiger partial charge on any atom is 0.416 e. The third-order valence-electron chi connectivity index (χ3n) is 3.02. The van der Waals surface area contributed by atoms with E-state index in [4.69, 9.17) is 5.73 Å². The Balaban J connectivity index is 2.50. The number of para-hydroxylation sites is 1. The number of nitrogens with zero attached hydrogens (tertiary/aromatic N) is 1. The first-order valence-corrected chi connectivity index (χ1v) is 6.62. The van der Waals surface area contributed by atoms with E-state index >= 15 is 0 Å². The lowest BCUT2D eigenvalue weighted by Crippen LogP contribution is -2.30. The van der Waals surface area contributed by atoms with Crippen LogP contribution in [0.25, 0.3) is 0 Å². The van der Waals surface area contributed by atoms with Crippen molar-refractivity contribution in [3.05, 3.63) is 60.2 Å². The first kappa shape index (κ1) is 16.5. The average Bonchev–Trinajstić information content (AvgIpc) is 2.47. The number of amides is 2. The zero-order valence-electron chi connectivity index (χ0n) is 11.9. The third kappa shape index (κ3) is 4.09. The van der Waals surface area contributed by atoms with Gasteiger partial charge >= 0.3 is 6.18 Å². The fraction of sp³-hybridized carbons (Fsp3) is 0.125. The topological polar surface area (TPSA) is 63.4 Å². The van der Waals surface area contributed by atoms with Crippen molar-refractivity contribution in [2.45, 2.75) is 12.6 Å². The third-order valence-corrected chi connectivity index (χ3v) is 3.02. The van der Waals surface area contributed by atoms with Crippen LogP contribution in [-0.4, -0.2) is 11.8 Å². The molecule has 7 heteroatoms. The summed E-state index contributed by atoms with van der Waals surface area (Å²) in [7, 11) is 0. The number of benzene rings is 2. The second kappa shape index (κ2) is 6.51. The molecule has 0 saturated heterocycles. The second-order valence-electron chi connectivity index (χ2n) is 4.76. The fourth-order valence-electron chi connectivity index (χ4n) is 2.06. The van der Waals surface area contributed by atoms with Crippen LogP contribution in [0, 0.1) is 0 Å². The van der Waals surface area contributed by atoms with Gasteiger partial charge in [-0.25, -0.2) is 0 Å². The fourth-order valence-corrected chi connectivity index (χ4v) is 2.06. The first-order valence-electron chi connectivity index (χ1n) is 6.62. The quantitative estimate of drug-likeness (QED) is 0.878. The van der Waals surface area contributed by atoms with Crippen molar-refractivity contribution in [3.63, 3.8) is 0 Å². The Kier molecular flexibility index (Phi) is 4.68. The van der Waals surface area contributed by atoms with Crippen LogP contribution in [0.1, 0.15) is 12.0 Å². The molecule has 2 aromatic rings. The van der Waals surface area contributed by atoms with E-state index in [0.717, 1.165) is 17.0 Å². The number of halogens is 3. The molecule has 2 N–H and O–H groups in total. The van der Waals surface area contributed by atoms with Crippen LogP contribution < -0.4 is 10.6 Å². The van der Waals surface area contributed by atoms with Crippen molar-refractivity contribution in [1.29, 1.82) is 0 Å². The van der Waals surface area contributed by atoms with Crippen molar-refractivity contribution in [3.8, 4) is 0 Å². The van der Waals surface area contributed by atoms with Gasteiger partial charge < -0.3 is 5.73 Å². The van der Waals surface area contributed by atoms with Gasteiger partial charge in [0.05, 0.1) is 5.56 Å². The van der Waals surface area contributed by atoms with Crippen molar-refractivity contribution < 1.29 is 22.8 Å². The number of nitrogens with two attached hydrogens (primary N) is 1. The lowest BCUT2D eigenvalue weighted by Gasteiger charge is -2.23. The Bertz CT molecular complexity index is 715. The van der Waals surface area contributed by atoms with E-state index in [-0.39, 0.29) is 5.69 Å². The maximum atomic E-state index is 12.9. The SMILES string of the molecule is NC(=O)CC(=O)N(c1ccccc1)c1cccc(C(F)(F)F)c1. The van der Waals surface area contributed by atoms with Gasteiger partial charge in [0.15, 0.2) is 0 Å². The lowest BCUT2D eigenvalue weighted by atomic mass is 10.1. The van der Waals surface area contributed by atoms with Crippen molar-refractivity contribution >= 4 is 23.2 Å². The highest BCUT2D eigenvalue weighted by atomic mass is 19.4. The molecule has 0 heterocycles. The smallest absolute Gasteiger partial charge is 0.369 e. The lowest BCUT2D eigenvalue weighted by molar-refractivity contribution is -0.137. The second-order valence-corrected chi connectivity index (χ2v) is 4.76. The Morgan fingerprint density at radius 2 is 1.57 bits per heavy atom. The van der Waals surface area contributed by atoms with E-state index < -0.39 is 30.0 Å². The summed E-state index contributed by atoms with van der Waals surface area (Å²) in [5.74, 6) is -1.56. The molecule has 0 atom stereocenters. The highest BCUT2D eigenvalue weighted by molar-refractivity contribution is 6.08. The molecule has 0 saturated carbocycles. The van der Waals surface area contributed by atoms with Crippen LogP contribution >= 0.6 is 0 Å². The number of hydrogen-bond donors (Lipinski definition) is 1. The van der Waals surface area contributed by atoms with E-state index in [9.17, 15) is 22.8 Å². The summed E-state index contributed by atoms with van der Waals surface area (Å²) in [4.78, 5) is 24.3. The molecule has 4 nitrogen and oxygen atoms in total. The minimum absolute atomic E-state index is 0.0114. The number of alkyl halides is 3. The summed E-state index contributed by atoms with van der Waals surface area (Å²) in [5, 5.41) is 0. The van der Waals surface area contributed by atoms with Gasteiger partial charge in [0.1, 0.15) is 6.42 Å². The van der Waals surface area contributed by atoms with Gasteiger partial charge in [-0.3, -0.25) is 14.5 Å². The standard InChI is InChI=1S/C16H13F3N2O2/c17-16(18,19)11-5-4-8-13(9-11)21(15(23)10-14(20)22)12-6-2-1-3-7-12/h1-9H,10H2,(H2,20,22). The summed E-state index contributed by atoms with van der Waals surface area (Å²) >= 11 is 0. The number of hydrogen-bond acceptors (Lipinski definition) is 2. The largest absolute Gasteiger partial charge is 0.416 e. The van der Waals surface area contributed by atoms with Gasteiger partial charge in [-0.15, -0.1) is 0 Å². The number of carbonyl (C=O) groups is 2. The normalized spacial score (nSPS) is 11.1. The Labute approximate surface area is 130 Å². The minimum Gasteiger partial charge on any atom is -0.369 e. The summed E-state index contributed by atoms with van der Waals surface area (Å²) in [5.41, 5.74) is 4.49.